The molecule has 2 heterocycles. The lowest BCUT2D eigenvalue weighted by Gasteiger charge is -2.33. The van der Waals surface area contributed by atoms with Crippen LogP contribution in [0.1, 0.15) is 31.7 Å². The molecule has 2 N–H and O–H groups in total. The van der Waals surface area contributed by atoms with Gasteiger partial charge in [-0.25, -0.2) is 0 Å². The summed E-state index contributed by atoms with van der Waals surface area (Å²) in [6, 6.07) is 5.16. The Balaban J connectivity index is 1.70. The fourth-order valence-electron chi connectivity index (χ4n) is 2.69. The smallest absolute Gasteiger partial charge is 0.0445 e. The first-order valence-corrected chi connectivity index (χ1v) is 7.26. The van der Waals surface area contributed by atoms with E-state index in [-0.39, 0.29) is 6.61 Å². The lowest BCUT2D eigenvalue weighted by molar-refractivity contribution is 0.179. The average Bonchev–Trinajstić information content (AvgIpc) is 2.42. The lowest BCUT2D eigenvalue weighted by atomic mass is 10.0. The Hall–Kier alpha value is -0.970. The minimum Gasteiger partial charge on any atom is -0.396 e. The number of rotatable bonds is 6. The normalized spacial score (nSPS) is 19.5. The van der Waals surface area contributed by atoms with Crippen LogP contribution in [0.25, 0.3) is 0 Å². The number of hydrogen-bond acceptors (Lipinski definition) is 4. The molecule has 1 atom stereocenters. The maximum atomic E-state index is 8.92. The van der Waals surface area contributed by atoms with Crippen LogP contribution in [-0.2, 0) is 6.54 Å². The molecule has 0 aliphatic carbocycles. The third-order valence-corrected chi connectivity index (χ3v) is 3.80. The molecule has 2 rings (SSSR count). The van der Waals surface area contributed by atoms with Crippen molar-refractivity contribution in [3.05, 3.63) is 30.1 Å². The van der Waals surface area contributed by atoms with Crippen molar-refractivity contribution in [2.75, 3.05) is 19.7 Å². The van der Waals surface area contributed by atoms with Crippen LogP contribution >= 0.6 is 0 Å². The summed E-state index contributed by atoms with van der Waals surface area (Å²) < 4.78 is 0. The second kappa shape index (κ2) is 7.58. The summed E-state index contributed by atoms with van der Waals surface area (Å²) in [6.45, 7) is 5.70. The van der Waals surface area contributed by atoms with Gasteiger partial charge in [-0.1, -0.05) is 6.07 Å². The number of piperidine rings is 1. The van der Waals surface area contributed by atoms with Gasteiger partial charge in [0.15, 0.2) is 0 Å². The second-order valence-electron chi connectivity index (χ2n) is 5.49. The van der Waals surface area contributed by atoms with Crippen LogP contribution in [0, 0.1) is 0 Å². The molecule has 0 unspecified atom stereocenters. The predicted octanol–water partition coefficient (Wildman–Crippen LogP) is 1.41. The van der Waals surface area contributed by atoms with Crippen LogP contribution in [0.15, 0.2) is 24.5 Å². The first-order valence-electron chi connectivity index (χ1n) is 7.26. The van der Waals surface area contributed by atoms with Gasteiger partial charge in [0.25, 0.3) is 0 Å². The Morgan fingerprint density at radius 1 is 1.47 bits per heavy atom. The number of nitrogens with one attached hydrogen (secondary N) is 1. The Labute approximate surface area is 115 Å². The Bertz CT molecular complexity index is 350. The molecule has 1 fully saturated rings. The number of aromatic nitrogens is 1. The maximum Gasteiger partial charge on any atom is 0.0445 e. The molecular weight excluding hydrogens is 238 g/mol. The Morgan fingerprint density at radius 2 is 2.26 bits per heavy atom. The van der Waals surface area contributed by atoms with Crippen molar-refractivity contribution in [2.45, 2.75) is 44.8 Å². The molecule has 106 valence electrons. The summed E-state index contributed by atoms with van der Waals surface area (Å²) in [6.07, 6.45) is 7.00. The van der Waals surface area contributed by atoms with Gasteiger partial charge in [-0.3, -0.25) is 9.88 Å². The van der Waals surface area contributed by atoms with Crippen molar-refractivity contribution in [1.82, 2.24) is 15.2 Å². The van der Waals surface area contributed by atoms with E-state index in [9.17, 15) is 0 Å². The molecule has 0 amide bonds. The third-order valence-electron chi connectivity index (χ3n) is 3.80. The van der Waals surface area contributed by atoms with Gasteiger partial charge < -0.3 is 10.4 Å². The van der Waals surface area contributed by atoms with Crippen LogP contribution in [-0.4, -0.2) is 46.8 Å². The van der Waals surface area contributed by atoms with E-state index in [1.807, 2.05) is 18.5 Å². The number of nitrogens with zero attached hydrogens (tertiary/aromatic N) is 2. The molecule has 0 bridgehead atoms. The van der Waals surface area contributed by atoms with Crippen molar-refractivity contribution >= 4 is 0 Å². The Morgan fingerprint density at radius 3 is 2.89 bits per heavy atom. The number of pyridine rings is 1. The van der Waals surface area contributed by atoms with Gasteiger partial charge in [-0.15, -0.1) is 0 Å². The van der Waals surface area contributed by atoms with Gasteiger partial charge in [-0.2, -0.15) is 0 Å². The fraction of sp³-hybridized carbons (Fsp3) is 0.667. The molecular formula is C15H25N3O. The van der Waals surface area contributed by atoms with Gasteiger partial charge in [-0.05, 0) is 50.9 Å². The summed E-state index contributed by atoms with van der Waals surface area (Å²) in [5.74, 6) is 0. The van der Waals surface area contributed by atoms with Crippen LogP contribution in [0.3, 0.4) is 0 Å². The SMILES string of the molecule is C[C@H](CCO)NC1CCN(Cc2cccnc2)CC1. The molecule has 1 aliphatic rings. The zero-order valence-electron chi connectivity index (χ0n) is 11.8. The summed E-state index contributed by atoms with van der Waals surface area (Å²) in [7, 11) is 0. The van der Waals surface area contributed by atoms with Gasteiger partial charge in [0.05, 0.1) is 0 Å². The standard InChI is InChI=1S/C15H25N3O/c1-13(6-10-19)17-15-4-8-18(9-5-15)12-14-3-2-7-16-11-14/h2-3,7,11,13,15,17,19H,4-6,8-10,12H2,1H3/t13-/m1/s1. The van der Waals surface area contributed by atoms with Crippen molar-refractivity contribution in [2.24, 2.45) is 0 Å². The van der Waals surface area contributed by atoms with E-state index in [0.29, 0.717) is 12.1 Å². The van der Waals surface area contributed by atoms with Crippen LogP contribution in [0.4, 0.5) is 0 Å². The van der Waals surface area contributed by atoms with Crippen LogP contribution in [0.5, 0.6) is 0 Å². The van der Waals surface area contributed by atoms with Crippen molar-refractivity contribution in [1.29, 1.82) is 0 Å². The molecule has 19 heavy (non-hydrogen) atoms. The van der Waals surface area contributed by atoms with Crippen LogP contribution < -0.4 is 5.32 Å². The first kappa shape index (κ1) is 14.4. The molecule has 0 aromatic carbocycles. The molecule has 4 heteroatoms. The first-order chi connectivity index (χ1) is 9.28. The quantitative estimate of drug-likeness (QED) is 0.814. The van der Waals surface area contributed by atoms with E-state index in [4.69, 9.17) is 5.11 Å². The van der Waals surface area contributed by atoms with E-state index in [1.54, 1.807) is 0 Å². The molecule has 1 aromatic heterocycles. The van der Waals surface area contributed by atoms with Gasteiger partial charge >= 0.3 is 0 Å². The van der Waals surface area contributed by atoms with E-state index < -0.39 is 0 Å². The molecule has 0 radical (unpaired) electrons. The molecule has 1 saturated heterocycles. The summed E-state index contributed by atoms with van der Waals surface area (Å²) in [5, 5.41) is 12.5. The molecule has 0 spiro atoms. The molecule has 1 aliphatic heterocycles. The maximum absolute atomic E-state index is 8.92. The lowest BCUT2D eigenvalue weighted by Crippen LogP contribution is -2.45. The zero-order chi connectivity index (χ0) is 13.5. The highest BCUT2D eigenvalue weighted by Gasteiger charge is 2.20. The van der Waals surface area contributed by atoms with Gasteiger partial charge in [0, 0.05) is 37.6 Å². The highest BCUT2D eigenvalue weighted by atomic mass is 16.3. The topological polar surface area (TPSA) is 48.4 Å². The largest absolute Gasteiger partial charge is 0.396 e. The second-order valence-corrected chi connectivity index (χ2v) is 5.49. The van der Waals surface area contributed by atoms with E-state index in [1.165, 1.54) is 18.4 Å². The van der Waals surface area contributed by atoms with E-state index in [0.717, 1.165) is 26.1 Å². The summed E-state index contributed by atoms with van der Waals surface area (Å²) >= 11 is 0. The predicted molar refractivity (Wildman–Crippen MR) is 76.8 cm³/mol. The highest BCUT2D eigenvalue weighted by molar-refractivity contribution is 5.08. The zero-order valence-corrected chi connectivity index (χ0v) is 11.8. The summed E-state index contributed by atoms with van der Waals surface area (Å²) in [5.41, 5.74) is 1.29. The number of likely N-dealkylation sites (tertiary alicyclic amines) is 1. The fourth-order valence-corrected chi connectivity index (χ4v) is 2.69. The molecule has 0 saturated carbocycles. The van der Waals surface area contributed by atoms with Gasteiger partial charge in [0.2, 0.25) is 0 Å². The minimum atomic E-state index is 0.272. The van der Waals surface area contributed by atoms with Crippen molar-refractivity contribution in [3.8, 4) is 0 Å². The highest BCUT2D eigenvalue weighted by Crippen LogP contribution is 2.14. The van der Waals surface area contributed by atoms with Crippen molar-refractivity contribution < 1.29 is 5.11 Å². The monoisotopic (exact) mass is 263 g/mol. The Kier molecular flexibility index (Phi) is 5.76. The molecule has 1 aromatic rings. The van der Waals surface area contributed by atoms with Gasteiger partial charge in [0.1, 0.15) is 0 Å². The number of hydrogen-bond donors (Lipinski definition) is 2. The van der Waals surface area contributed by atoms with E-state index in [2.05, 4.69) is 28.2 Å². The minimum absolute atomic E-state index is 0.272. The number of aliphatic hydroxyl groups excluding tert-OH is 1. The molecule has 4 nitrogen and oxygen atoms in total. The third kappa shape index (κ3) is 4.90. The van der Waals surface area contributed by atoms with E-state index >= 15 is 0 Å². The average molecular weight is 263 g/mol. The van der Waals surface area contributed by atoms with Crippen LogP contribution in [0.2, 0.25) is 0 Å². The summed E-state index contributed by atoms with van der Waals surface area (Å²) in [4.78, 5) is 6.65. The number of aliphatic hydroxyl groups is 1. The van der Waals surface area contributed by atoms with Crippen molar-refractivity contribution in [3.63, 3.8) is 0 Å².